The Labute approximate surface area is 86.5 Å². The second kappa shape index (κ2) is 6.98. The molecule has 1 aliphatic rings. The third-order valence-corrected chi connectivity index (χ3v) is 2.32. The molecule has 0 spiro atoms. The van der Waals surface area contributed by atoms with Crippen LogP contribution in [0.5, 0.6) is 0 Å². The van der Waals surface area contributed by atoms with Crippen molar-refractivity contribution in [3.63, 3.8) is 0 Å². The van der Waals surface area contributed by atoms with Crippen LogP contribution in [0, 0.1) is 0 Å². The predicted molar refractivity (Wildman–Crippen MR) is 57.5 cm³/mol. The first kappa shape index (κ1) is 11.7. The van der Waals surface area contributed by atoms with Crippen molar-refractivity contribution < 1.29 is 9.47 Å². The molecular weight excluding hydrogens is 178 g/mol. The normalized spacial score (nSPS) is 23.0. The zero-order chi connectivity index (χ0) is 10.2. The van der Waals surface area contributed by atoms with Gasteiger partial charge in [0.05, 0.1) is 12.7 Å². The fourth-order valence-corrected chi connectivity index (χ4v) is 1.57. The largest absolute Gasteiger partial charge is 0.383 e. The summed E-state index contributed by atoms with van der Waals surface area (Å²) in [4.78, 5) is 0. The van der Waals surface area contributed by atoms with E-state index < -0.39 is 0 Å². The Kier molecular flexibility index (Phi) is 5.83. The van der Waals surface area contributed by atoms with E-state index >= 15 is 0 Å². The van der Waals surface area contributed by atoms with Crippen molar-refractivity contribution in [2.45, 2.75) is 25.9 Å². The highest BCUT2D eigenvalue weighted by Gasteiger charge is 2.12. The molecule has 0 aromatic heterocycles. The van der Waals surface area contributed by atoms with Gasteiger partial charge in [-0.15, -0.1) is 0 Å². The second-order valence-electron chi connectivity index (χ2n) is 3.73. The highest BCUT2D eigenvalue weighted by atomic mass is 16.5. The van der Waals surface area contributed by atoms with Crippen LogP contribution in [0.1, 0.15) is 19.8 Å². The molecule has 1 unspecified atom stereocenters. The van der Waals surface area contributed by atoms with Gasteiger partial charge in [0.1, 0.15) is 0 Å². The Morgan fingerprint density at radius 2 is 2.50 bits per heavy atom. The second-order valence-corrected chi connectivity index (χ2v) is 3.73. The molecule has 14 heavy (non-hydrogen) atoms. The maximum atomic E-state index is 5.52. The van der Waals surface area contributed by atoms with E-state index in [2.05, 4.69) is 18.3 Å². The molecule has 0 aromatic carbocycles. The summed E-state index contributed by atoms with van der Waals surface area (Å²) in [6.45, 7) is 5.68. The summed E-state index contributed by atoms with van der Waals surface area (Å²) in [6, 6.07) is 0. The molecule has 1 N–H and O–H groups in total. The highest BCUT2D eigenvalue weighted by molar-refractivity contribution is 5.04. The first-order valence-corrected chi connectivity index (χ1v) is 5.31. The first-order chi connectivity index (χ1) is 6.83. The van der Waals surface area contributed by atoms with Gasteiger partial charge in [-0.3, -0.25) is 0 Å². The predicted octanol–water partition coefficient (Wildman–Crippen LogP) is 1.35. The van der Waals surface area contributed by atoms with Crippen molar-refractivity contribution in [3.8, 4) is 0 Å². The van der Waals surface area contributed by atoms with Gasteiger partial charge in [-0.1, -0.05) is 11.6 Å². The number of rotatable bonds is 6. The zero-order valence-electron chi connectivity index (χ0n) is 9.21. The summed E-state index contributed by atoms with van der Waals surface area (Å²) < 4.78 is 10.5. The van der Waals surface area contributed by atoms with Gasteiger partial charge in [-0.05, 0) is 19.8 Å². The molecule has 0 aromatic rings. The lowest BCUT2D eigenvalue weighted by Gasteiger charge is -2.07. The molecule has 1 aliphatic heterocycles. The van der Waals surface area contributed by atoms with Crippen molar-refractivity contribution in [1.29, 1.82) is 0 Å². The van der Waals surface area contributed by atoms with E-state index in [-0.39, 0.29) is 0 Å². The summed E-state index contributed by atoms with van der Waals surface area (Å²) in [6.07, 6.45) is 4.97. The van der Waals surface area contributed by atoms with Crippen molar-refractivity contribution >= 4 is 0 Å². The molecule has 1 rings (SSSR count). The van der Waals surface area contributed by atoms with Crippen LogP contribution in [0.15, 0.2) is 11.6 Å². The summed E-state index contributed by atoms with van der Waals surface area (Å²) in [5, 5.41) is 3.31. The topological polar surface area (TPSA) is 30.5 Å². The summed E-state index contributed by atoms with van der Waals surface area (Å²) >= 11 is 0. The third kappa shape index (κ3) is 4.74. The van der Waals surface area contributed by atoms with Gasteiger partial charge in [0.2, 0.25) is 0 Å². The molecule has 1 atom stereocenters. The molecule has 82 valence electrons. The molecular formula is C11H21NO2. The third-order valence-electron chi connectivity index (χ3n) is 2.32. The van der Waals surface area contributed by atoms with E-state index in [9.17, 15) is 0 Å². The Hall–Kier alpha value is -0.380. The zero-order valence-corrected chi connectivity index (χ0v) is 9.21. The molecule has 1 heterocycles. The number of methoxy groups -OCH3 is 1. The number of hydrogen-bond acceptors (Lipinski definition) is 3. The van der Waals surface area contributed by atoms with Crippen LogP contribution in [-0.4, -0.2) is 39.5 Å². The molecule has 3 heteroatoms. The Morgan fingerprint density at radius 1 is 1.64 bits per heavy atom. The summed E-state index contributed by atoms with van der Waals surface area (Å²) in [5.41, 5.74) is 1.35. The van der Waals surface area contributed by atoms with Gasteiger partial charge < -0.3 is 14.8 Å². The van der Waals surface area contributed by atoms with Crippen molar-refractivity contribution in [1.82, 2.24) is 5.32 Å². The fourth-order valence-electron chi connectivity index (χ4n) is 1.57. The standard InChI is InChI=1S/C11H21NO2/c1-10(9-12-5-7-13-2)8-11-4-3-6-14-11/h8,11-12H,3-7,9H2,1-2H3/b10-8+. The lowest BCUT2D eigenvalue weighted by Crippen LogP contribution is -2.21. The molecule has 0 aliphatic carbocycles. The van der Waals surface area contributed by atoms with Crippen LogP contribution in [0.2, 0.25) is 0 Å². The highest BCUT2D eigenvalue weighted by Crippen LogP contribution is 2.14. The molecule has 1 fully saturated rings. The molecule has 0 radical (unpaired) electrons. The van der Waals surface area contributed by atoms with Crippen LogP contribution in [-0.2, 0) is 9.47 Å². The summed E-state index contributed by atoms with van der Waals surface area (Å²) in [5.74, 6) is 0. The number of hydrogen-bond donors (Lipinski definition) is 1. The average molecular weight is 199 g/mol. The van der Waals surface area contributed by atoms with Gasteiger partial charge in [0.15, 0.2) is 0 Å². The van der Waals surface area contributed by atoms with Gasteiger partial charge in [-0.25, -0.2) is 0 Å². The van der Waals surface area contributed by atoms with Crippen LogP contribution >= 0.6 is 0 Å². The lowest BCUT2D eigenvalue weighted by atomic mass is 10.1. The van der Waals surface area contributed by atoms with E-state index in [1.807, 2.05) is 0 Å². The van der Waals surface area contributed by atoms with Crippen LogP contribution in [0.4, 0.5) is 0 Å². The number of ether oxygens (including phenoxy) is 2. The molecule has 0 bridgehead atoms. The Bertz CT molecular complexity index is 174. The lowest BCUT2D eigenvalue weighted by molar-refractivity contribution is 0.145. The monoisotopic (exact) mass is 199 g/mol. The minimum Gasteiger partial charge on any atom is -0.383 e. The molecule has 1 saturated heterocycles. The van der Waals surface area contributed by atoms with Crippen LogP contribution in [0.3, 0.4) is 0 Å². The summed E-state index contributed by atoms with van der Waals surface area (Å²) in [7, 11) is 1.72. The Balaban J connectivity index is 2.09. The van der Waals surface area contributed by atoms with E-state index in [0.29, 0.717) is 6.10 Å². The minimum atomic E-state index is 0.360. The van der Waals surface area contributed by atoms with Crippen molar-refractivity contribution in [3.05, 3.63) is 11.6 Å². The molecule has 0 saturated carbocycles. The van der Waals surface area contributed by atoms with Crippen molar-refractivity contribution in [2.24, 2.45) is 0 Å². The maximum absolute atomic E-state index is 5.52. The van der Waals surface area contributed by atoms with Crippen LogP contribution in [0.25, 0.3) is 0 Å². The van der Waals surface area contributed by atoms with E-state index in [1.54, 1.807) is 7.11 Å². The van der Waals surface area contributed by atoms with E-state index in [1.165, 1.54) is 18.4 Å². The number of nitrogens with one attached hydrogen (secondary N) is 1. The fraction of sp³-hybridized carbons (Fsp3) is 0.818. The molecule has 3 nitrogen and oxygen atoms in total. The van der Waals surface area contributed by atoms with Crippen LogP contribution < -0.4 is 5.32 Å². The van der Waals surface area contributed by atoms with Gasteiger partial charge in [0, 0.05) is 26.8 Å². The first-order valence-electron chi connectivity index (χ1n) is 5.31. The Morgan fingerprint density at radius 3 is 3.14 bits per heavy atom. The quantitative estimate of drug-likeness (QED) is 0.517. The smallest absolute Gasteiger partial charge is 0.0759 e. The maximum Gasteiger partial charge on any atom is 0.0759 e. The SMILES string of the molecule is COCCNC/C(C)=C/C1CCCO1. The van der Waals surface area contributed by atoms with Gasteiger partial charge in [-0.2, -0.15) is 0 Å². The van der Waals surface area contributed by atoms with E-state index in [0.717, 1.165) is 26.3 Å². The van der Waals surface area contributed by atoms with E-state index in [4.69, 9.17) is 9.47 Å². The average Bonchev–Trinajstić information content (AvgIpc) is 2.65. The minimum absolute atomic E-state index is 0.360. The van der Waals surface area contributed by atoms with Gasteiger partial charge in [0.25, 0.3) is 0 Å². The van der Waals surface area contributed by atoms with Crippen molar-refractivity contribution in [2.75, 3.05) is 33.4 Å². The molecule has 0 amide bonds. The van der Waals surface area contributed by atoms with Gasteiger partial charge >= 0.3 is 0 Å².